The van der Waals surface area contributed by atoms with Crippen LogP contribution in [0.4, 0.5) is 5.95 Å². The second kappa shape index (κ2) is 7.92. The van der Waals surface area contributed by atoms with Gasteiger partial charge in [-0.15, -0.1) is 5.10 Å². The van der Waals surface area contributed by atoms with E-state index in [9.17, 15) is 4.79 Å². The van der Waals surface area contributed by atoms with Crippen LogP contribution >= 0.6 is 11.6 Å². The van der Waals surface area contributed by atoms with Gasteiger partial charge in [-0.25, -0.2) is 9.48 Å². The summed E-state index contributed by atoms with van der Waals surface area (Å²) in [6, 6.07) is 5.61. The molecule has 1 fully saturated rings. The Kier molecular flexibility index (Phi) is 5.63. The molecule has 3 rings (SSSR count). The van der Waals surface area contributed by atoms with Crippen LogP contribution in [0.15, 0.2) is 18.2 Å². The van der Waals surface area contributed by atoms with Crippen molar-refractivity contribution in [2.24, 2.45) is 7.05 Å². The Hall–Kier alpha value is -2.32. The molecule has 0 atom stereocenters. The van der Waals surface area contributed by atoms with E-state index in [1.165, 1.54) is 4.68 Å². The molecule has 0 radical (unpaired) electrons. The van der Waals surface area contributed by atoms with E-state index < -0.39 is 5.97 Å². The predicted molar refractivity (Wildman–Crippen MR) is 98.3 cm³/mol. The number of hydrogen-bond acceptors (Lipinski definition) is 6. The fraction of sp³-hybridized carbons (Fsp3) is 0.471. The molecule has 0 bridgehead atoms. The molecular formula is C17H22ClN5O3. The van der Waals surface area contributed by atoms with Gasteiger partial charge >= 0.3 is 5.97 Å². The number of nitrogens with zero attached hydrogens (tertiary/aromatic N) is 5. The largest absolute Gasteiger partial charge is 0.492 e. The fourth-order valence-electron chi connectivity index (χ4n) is 2.97. The summed E-state index contributed by atoms with van der Waals surface area (Å²) in [5.74, 6) is 0.167. The smallest absolute Gasteiger partial charge is 0.375 e. The van der Waals surface area contributed by atoms with E-state index in [1.54, 1.807) is 7.05 Å². The minimum atomic E-state index is -1.11. The van der Waals surface area contributed by atoms with Gasteiger partial charge in [0, 0.05) is 44.8 Å². The first-order valence-electron chi connectivity index (χ1n) is 8.44. The number of halogens is 1. The van der Waals surface area contributed by atoms with Gasteiger partial charge in [0.15, 0.2) is 0 Å². The van der Waals surface area contributed by atoms with E-state index in [1.807, 2.05) is 25.1 Å². The maximum absolute atomic E-state index is 11.0. The number of hydrogen-bond donors (Lipinski definition) is 1. The number of aromatic carboxylic acids is 1. The highest BCUT2D eigenvalue weighted by Gasteiger charge is 2.22. The minimum Gasteiger partial charge on any atom is -0.492 e. The van der Waals surface area contributed by atoms with E-state index in [0.717, 1.165) is 44.0 Å². The molecule has 1 N–H and O–H groups in total. The zero-order chi connectivity index (χ0) is 18.7. The molecule has 1 aromatic heterocycles. The fourth-order valence-corrected chi connectivity index (χ4v) is 3.20. The molecule has 140 valence electrons. The first-order chi connectivity index (χ1) is 12.4. The van der Waals surface area contributed by atoms with E-state index in [0.29, 0.717) is 17.6 Å². The van der Waals surface area contributed by atoms with Gasteiger partial charge in [0.1, 0.15) is 12.4 Å². The third-order valence-corrected chi connectivity index (χ3v) is 4.62. The van der Waals surface area contributed by atoms with Gasteiger partial charge in [-0.1, -0.05) is 11.6 Å². The van der Waals surface area contributed by atoms with E-state index >= 15 is 0 Å². The van der Waals surface area contributed by atoms with Crippen LogP contribution < -0.4 is 9.64 Å². The lowest BCUT2D eigenvalue weighted by Gasteiger charge is -2.34. The quantitative estimate of drug-likeness (QED) is 0.817. The van der Waals surface area contributed by atoms with Gasteiger partial charge < -0.3 is 14.7 Å². The summed E-state index contributed by atoms with van der Waals surface area (Å²) in [6.45, 7) is 6.67. The first kappa shape index (κ1) is 18.5. The van der Waals surface area contributed by atoms with Gasteiger partial charge in [-0.2, -0.15) is 4.98 Å². The third kappa shape index (κ3) is 4.25. The second-order valence-corrected chi connectivity index (χ2v) is 6.69. The summed E-state index contributed by atoms with van der Waals surface area (Å²) in [5.41, 5.74) is 1.03. The van der Waals surface area contributed by atoms with Crippen molar-refractivity contribution in [1.82, 2.24) is 19.7 Å². The van der Waals surface area contributed by atoms with Crippen LogP contribution in [0.25, 0.3) is 0 Å². The Bertz CT molecular complexity index is 787. The maximum atomic E-state index is 11.0. The summed E-state index contributed by atoms with van der Waals surface area (Å²) in [4.78, 5) is 19.5. The van der Waals surface area contributed by atoms with Crippen molar-refractivity contribution in [2.45, 2.75) is 6.92 Å². The van der Waals surface area contributed by atoms with Crippen molar-refractivity contribution in [3.05, 3.63) is 34.6 Å². The number of benzene rings is 1. The number of aromatic nitrogens is 3. The lowest BCUT2D eigenvalue weighted by Crippen LogP contribution is -2.48. The maximum Gasteiger partial charge on any atom is 0.375 e. The average Bonchev–Trinajstić information content (AvgIpc) is 3.00. The highest BCUT2D eigenvalue weighted by atomic mass is 35.5. The van der Waals surface area contributed by atoms with Crippen LogP contribution in [0.1, 0.15) is 16.2 Å². The molecule has 0 amide bonds. The van der Waals surface area contributed by atoms with Gasteiger partial charge in [-0.05, 0) is 30.7 Å². The molecule has 2 heterocycles. The van der Waals surface area contributed by atoms with Crippen molar-refractivity contribution in [3.63, 3.8) is 0 Å². The van der Waals surface area contributed by atoms with Crippen molar-refractivity contribution < 1.29 is 14.6 Å². The van der Waals surface area contributed by atoms with Crippen molar-refractivity contribution in [2.75, 3.05) is 44.2 Å². The Morgan fingerprint density at radius 3 is 2.65 bits per heavy atom. The second-order valence-electron chi connectivity index (χ2n) is 6.25. The number of rotatable bonds is 6. The van der Waals surface area contributed by atoms with Gasteiger partial charge in [0.05, 0.1) is 0 Å². The Balaban J connectivity index is 1.47. The van der Waals surface area contributed by atoms with Crippen LogP contribution in [0, 0.1) is 6.92 Å². The van der Waals surface area contributed by atoms with E-state index in [2.05, 4.69) is 19.9 Å². The number of ether oxygens (including phenoxy) is 1. The summed E-state index contributed by atoms with van der Waals surface area (Å²) >= 11 is 5.95. The normalized spacial score (nSPS) is 15.3. The zero-order valence-electron chi connectivity index (χ0n) is 14.9. The molecule has 0 aliphatic carbocycles. The van der Waals surface area contributed by atoms with E-state index in [4.69, 9.17) is 21.4 Å². The molecule has 1 aromatic carbocycles. The molecule has 0 saturated carbocycles. The molecule has 1 aliphatic heterocycles. The lowest BCUT2D eigenvalue weighted by atomic mass is 10.2. The topological polar surface area (TPSA) is 83.7 Å². The summed E-state index contributed by atoms with van der Waals surface area (Å²) in [5, 5.41) is 13.6. The molecule has 1 saturated heterocycles. The summed E-state index contributed by atoms with van der Waals surface area (Å²) in [7, 11) is 1.71. The lowest BCUT2D eigenvalue weighted by molar-refractivity contribution is 0.0683. The summed E-state index contributed by atoms with van der Waals surface area (Å²) in [6.07, 6.45) is 0. The van der Waals surface area contributed by atoms with Gasteiger partial charge in [0.25, 0.3) is 5.82 Å². The number of carbonyl (C=O) groups is 1. The monoisotopic (exact) mass is 379 g/mol. The number of aryl methyl sites for hydroxylation is 2. The zero-order valence-corrected chi connectivity index (χ0v) is 15.6. The van der Waals surface area contributed by atoms with Gasteiger partial charge in [0.2, 0.25) is 5.95 Å². The Morgan fingerprint density at radius 1 is 1.31 bits per heavy atom. The summed E-state index contributed by atoms with van der Waals surface area (Å²) < 4.78 is 7.37. The molecule has 1 aliphatic rings. The SMILES string of the molecule is Cc1cc(Cl)ccc1OCCN1CCN(c2nc(C(=O)O)nn2C)CC1. The van der Waals surface area contributed by atoms with Crippen LogP contribution in [0.2, 0.25) is 5.02 Å². The molecular weight excluding hydrogens is 358 g/mol. The Morgan fingerprint density at radius 2 is 2.04 bits per heavy atom. The average molecular weight is 380 g/mol. The van der Waals surface area contributed by atoms with Crippen LogP contribution in [-0.2, 0) is 7.05 Å². The highest BCUT2D eigenvalue weighted by Crippen LogP contribution is 2.21. The van der Waals surface area contributed by atoms with Crippen LogP contribution in [-0.4, -0.2) is 70.1 Å². The predicted octanol–water partition coefficient (Wildman–Crippen LogP) is 1.68. The standard InChI is InChI=1S/C17H22ClN5O3/c1-12-11-13(18)3-4-14(12)26-10-9-22-5-7-23(8-6-22)17-19-15(16(24)25)20-21(17)2/h3-4,11H,5-10H2,1-2H3,(H,24,25). The first-order valence-corrected chi connectivity index (χ1v) is 8.82. The molecule has 9 heteroatoms. The van der Waals surface area contributed by atoms with Crippen molar-refractivity contribution >= 4 is 23.5 Å². The highest BCUT2D eigenvalue weighted by molar-refractivity contribution is 6.30. The molecule has 0 unspecified atom stereocenters. The van der Waals surface area contributed by atoms with Crippen molar-refractivity contribution in [1.29, 1.82) is 0 Å². The van der Waals surface area contributed by atoms with Crippen molar-refractivity contribution in [3.8, 4) is 5.75 Å². The molecule has 26 heavy (non-hydrogen) atoms. The number of carboxylic acids is 1. The minimum absolute atomic E-state index is 0.170. The molecule has 2 aromatic rings. The third-order valence-electron chi connectivity index (χ3n) is 4.39. The van der Waals surface area contributed by atoms with Crippen LogP contribution in [0.5, 0.6) is 5.75 Å². The Labute approximate surface area is 156 Å². The van der Waals surface area contributed by atoms with E-state index in [-0.39, 0.29) is 5.82 Å². The number of carboxylic acid groups (broad SMARTS) is 1. The van der Waals surface area contributed by atoms with Gasteiger partial charge in [-0.3, -0.25) is 4.90 Å². The molecule has 8 nitrogen and oxygen atoms in total. The number of piperazine rings is 1. The molecule has 0 spiro atoms. The number of anilines is 1. The van der Waals surface area contributed by atoms with Crippen LogP contribution in [0.3, 0.4) is 0 Å².